The van der Waals surface area contributed by atoms with E-state index >= 15 is 0 Å². The highest BCUT2D eigenvalue weighted by molar-refractivity contribution is 7.84. The zero-order chi connectivity index (χ0) is 18.1. The van der Waals surface area contributed by atoms with E-state index in [1.165, 1.54) is 0 Å². The van der Waals surface area contributed by atoms with Gasteiger partial charge in [0.1, 0.15) is 13.2 Å². The summed E-state index contributed by atoms with van der Waals surface area (Å²) < 4.78 is 22.7. The third-order valence-corrected chi connectivity index (χ3v) is 5.69. The fourth-order valence-corrected chi connectivity index (χ4v) is 3.70. The average molecular weight is 371 g/mol. The Labute approximate surface area is 155 Å². The van der Waals surface area contributed by atoms with Crippen LogP contribution in [0.15, 0.2) is 47.4 Å². The molecule has 0 radical (unpaired) electrons. The van der Waals surface area contributed by atoms with E-state index in [0.29, 0.717) is 29.6 Å². The van der Waals surface area contributed by atoms with Crippen LogP contribution in [-0.2, 0) is 10.8 Å². The molecule has 2 atom stereocenters. The molecule has 0 bridgehead atoms. The molecule has 1 saturated carbocycles. The first-order valence-corrected chi connectivity index (χ1v) is 10.3. The molecule has 1 N–H and O–H groups in total. The molecule has 0 unspecified atom stereocenters. The van der Waals surface area contributed by atoms with Gasteiger partial charge in [-0.3, -0.25) is 9.00 Å². The van der Waals surface area contributed by atoms with Crippen molar-refractivity contribution in [2.75, 3.05) is 19.5 Å². The number of hydrogen-bond acceptors (Lipinski definition) is 4. The largest absolute Gasteiger partial charge is 0.486 e. The van der Waals surface area contributed by atoms with E-state index in [2.05, 4.69) is 5.32 Å². The van der Waals surface area contributed by atoms with Gasteiger partial charge in [-0.05, 0) is 60.7 Å². The molecule has 1 aliphatic carbocycles. The third-order valence-electron chi connectivity index (χ3n) is 4.75. The van der Waals surface area contributed by atoms with Crippen LogP contribution in [0.1, 0.15) is 34.8 Å². The monoisotopic (exact) mass is 371 g/mol. The maximum absolute atomic E-state index is 12.7. The summed E-state index contributed by atoms with van der Waals surface area (Å²) in [6.45, 7) is 1.11. The van der Waals surface area contributed by atoms with Gasteiger partial charge in [-0.15, -0.1) is 0 Å². The molecule has 4 rings (SSSR count). The van der Waals surface area contributed by atoms with E-state index in [1.54, 1.807) is 30.5 Å². The van der Waals surface area contributed by atoms with Crippen LogP contribution in [-0.4, -0.2) is 29.6 Å². The minimum absolute atomic E-state index is 0.0432. The summed E-state index contributed by atoms with van der Waals surface area (Å²) in [7, 11) is -1.05. The molecule has 26 heavy (non-hydrogen) atoms. The molecule has 1 heterocycles. The zero-order valence-corrected chi connectivity index (χ0v) is 15.4. The van der Waals surface area contributed by atoms with Crippen LogP contribution < -0.4 is 14.8 Å². The van der Waals surface area contributed by atoms with E-state index in [4.69, 9.17) is 9.47 Å². The van der Waals surface area contributed by atoms with Crippen LogP contribution in [0, 0.1) is 5.92 Å². The summed E-state index contributed by atoms with van der Waals surface area (Å²) in [6, 6.07) is 12.8. The molecule has 2 aliphatic rings. The van der Waals surface area contributed by atoms with Gasteiger partial charge < -0.3 is 14.8 Å². The second-order valence-electron chi connectivity index (χ2n) is 6.67. The molecule has 0 spiro atoms. The van der Waals surface area contributed by atoms with Crippen molar-refractivity contribution in [3.63, 3.8) is 0 Å². The first-order valence-electron chi connectivity index (χ1n) is 8.76. The Morgan fingerprint density at radius 2 is 1.77 bits per heavy atom. The van der Waals surface area contributed by atoms with Crippen molar-refractivity contribution in [1.82, 2.24) is 5.32 Å². The predicted octanol–water partition coefficient (Wildman–Crippen LogP) is 3.08. The van der Waals surface area contributed by atoms with Crippen LogP contribution >= 0.6 is 0 Å². The van der Waals surface area contributed by atoms with Gasteiger partial charge in [-0.1, -0.05) is 6.07 Å². The normalized spacial score (nSPS) is 18.0. The van der Waals surface area contributed by atoms with Crippen molar-refractivity contribution in [2.45, 2.75) is 23.8 Å². The van der Waals surface area contributed by atoms with Crippen LogP contribution in [0.5, 0.6) is 11.5 Å². The van der Waals surface area contributed by atoms with Crippen LogP contribution in [0.2, 0.25) is 0 Å². The average Bonchev–Trinajstić information content (AvgIpc) is 3.50. The fraction of sp³-hybridized carbons (Fsp3) is 0.350. The summed E-state index contributed by atoms with van der Waals surface area (Å²) in [4.78, 5) is 13.4. The highest BCUT2D eigenvalue weighted by Crippen LogP contribution is 2.43. The Hall–Kier alpha value is -2.34. The second kappa shape index (κ2) is 7.11. The first kappa shape index (κ1) is 17.1. The van der Waals surface area contributed by atoms with E-state index in [1.807, 2.05) is 18.2 Å². The Bertz CT molecular complexity index is 845. The zero-order valence-electron chi connectivity index (χ0n) is 14.6. The molecule has 5 nitrogen and oxygen atoms in total. The molecule has 2 aromatic rings. The molecular weight excluding hydrogens is 350 g/mol. The fourth-order valence-electron chi connectivity index (χ4n) is 3.18. The molecule has 0 aromatic heterocycles. The van der Waals surface area contributed by atoms with E-state index in [0.717, 1.165) is 29.9 Å². The molecule has 2 aromatic carbocycles. The lowest BCUT2D eigenvalue weighted by atomic mass is 10.0. The van der Waals surface area contributed by atoms with Gasteiger partial charge in [0.05, 0.1) is 6.04 Å². The number of hydrogen-bond donors (Lipinski definition) is 1. The molecule has 1 aliphatic heterocycles. The number of amides is 1. The number of rotatable bonds is 5. The second-order valence-corrected chi connectivity index (χ2v) is 8.05. The minimum atomic E-state index is -1.05. The van der Waals surface area contributed by atoms with Crippen molar-refractivity contribution in [3.8, 4) is 11.5 Å². The van der Waals surface area contributed by atoms with Gasteiger partial charge in [0.2, 0.25) is 0 Å². The van der Waals surface area contributed by atoms with Crippen LogP contribution in [0.3, 0.4) is 0 Å². The smallest absolute Gasteiger partial charge is 0.251 e. The molecule has 0 saturated heterocycles. The number of ether oxygens (including phenoxy) is 2. The summed E-state index contributed by atoms with van der Waals surface area (Å²) in [5.41, 5.74) is 1.61. The van der Waals surface area contributed by atoms with Crippen LogP contribution in [0.4, 0.5) is 0 Å². The lowest BCUT2D eigenvalue weighted by molar-refractivity contribution is 0.0931. The quantitative estimate of drug-likeness (QED) is 0.877. The number of fused-ring (bicyclic) bond motifs is 1. The van der Waals surface area contributed by atoms with Gasteiger partial charge in [0.25, 0.3) is 5.91 Å². The highest BCUT2D eigenvalue weighted by Gasteiger charge is 2.34. The Kier molecular flexibility index (Phi) is 4.68. The van der Waals surface area contributed by atoms with Gasteiger partial charge >= 0.3 is 0 Å². The lowest BCUT2D eigenvalue weighted by Gasteiger charge is -2.23. The maximum Gasteiger partial charge on any atom is 0.251 e. The van der Waals surface area contributed by atoms with E-state index in [9.17, 15) is 9.00 Å². The minimum Gasteiger partial charge on any atom is -0.486 e. The Morgan fingerprint density at radius 1 is 1.08 bits per heavy atom. The summed E-state index contributed by atoms with van der Waals surface area (Å²) >= 11 is 0. The molecule has 6 heteroatoms. The Balaban J connectivity index is 1.54. The molecule has 136 valence electrons. The molecule has 1 fully saturated rings. The Morgan fingerprint density at radius 3 is 2.42 bits per heavy atom. The van der Waals surface area contributed by atoms with Gasteiger partial charge in [-0.25, -0.2) is 0 Å². The predicted molar refractivity (Wildman–Crippen MR) is 99.1 cm³/mol. The summed E-state index contributed by atoms with van der Waals surface area (Å²) in [5, 5.41) is 3.16. The van der Waals surface area contributed by atoms with E-state index in [-0.39, 0.29) is 11.9 Å². The maximum atomic E-state index is 12.7. The topological polar surface area (TPSA) is 64.6 Å². The van der Waals surface area contributed by atoms with Crippen molar-refractivity contribution < 1.29 is 18.5 Å². The van der Waals surface area contributed by atoms with Gasteiger partial charge in [0.15, 0.2) is 11.5 Å². The van der Waals surface area contributed by atoms with Crippen LogP contribution in [0.25, 0.3) is 0 Å². The van der Waals surface area contributed by atoms with Gasteiger partial charge in [-0.2, -0.15) is 0 Å². The van der Waals surface area contributed by atoms with Crippen molar-refractivity contribution in [3.05, 3.63) is 53.6 Å². The van der Waals surface area contributed by atoms with Crippen molar-refractivity contribution in [2.24, 2.45) is 5.92 Å². The highest BCUT2D eigenvalue weighted by atomic mass is 32.2. The standard InChI is InChI=1S/C20H21NO4S/c1-26(23)16-7-4-14(5-8-16)20(22)21-19(13-2-3-13)15-6-9-17-18(12-15)25-11-10-24-17/h4-9,12-13,19H,2-3,10-11H2,1H3,(H,21,22)/t19-,26+/m1/s1. The van der Waals surface area contributed by atoms with Crippen molar-refractivity contribution in [1.29, 1.82) is 0 Å². The number of benzene rings is 2. The summed E-state index contributed by atoms with van der Waals surface area (Å²) in [5.74, 6) is 1.82. The first-order chi connectivity index (χ1) is 12.6. The third kappa shape index (κ3) is 3.60. The van der Waals surface area contributed by atoms with E-state index < -0.39 is 10.8 Å². The van der Waals surface area contributed by atoms with Crippen molar-refractivity contribution >= 4 is 16.7 Å². The molecular formula is C20H21NO4S. The van der Waals surface area contributed by atoms with Gasteiger partial charge in [0, 0.05) is 27.5 Å². The SMILES string of the molecule is C[S@](=O)c1ccc(C(=O)N[C@@H](c2ccc3c(c2)OCCO3)C2CC2)cc1. The molecule has 1 amide bonds. The summed E-state index contributed by atoms with van der Waals surface area (Å²) in [6.07, 6.45) is 3.83. The number of nitrogens with one attached hydrogen (secondary N) is 1. The lowest BCUT2D eigenvalue weighted by Crippen LogP contribution is -2.30. The number of carbonyl (C=O) groups is 1. The number of carbonyl (C=O) groups excluding carboxylic acids is 1.